The lowest BCUT2D eigenvalue weighted by molar-refractivity contribution is -0.146. The van der Waals surface area contributed by atoms with Crippen LogP contribution >= 0.6 is 0 Å². The summed E-state index contributed by atoms with van der Waals surface area (Å²) in [6, 6.07) is -1.76. The van der Waals surface area contributed by atoms with E-state index in [1.807, 2.05) is 0 Å². The van der Waals surface area contributed by atoms with E-state index in [9.17, 15) is 9.59 Å². The average Bonchev–Trinajstić information content (AvgIpc) is 2.43. The third kappa shape index (κ3) is 0.759. The van der Waals surface area contributed by atoms with Crippen LogP contribution in [0.25, 0.3) is 0 Å². The molecule has 0 amide bonds. The Morgan fingerprint density at radius 2 is 1.25 bits per heavy atom. The number of carbonyl (C=O) groups excluding carboxylic acids is 2. The second-order valence-corrected chi connectivity index (χ2v) is 2.85. The van der Waals surface area contributed by atoms with E-state index in [4.69, 9.17) is 20.9 Å². The Bertz CT molecular complexity index is 228. The largest absolute Gasteiger partial charge is 0.455 e. The van der Waals surface area contributed by atoms with Crippen molar-refractivity contribution in [3.8, 4) is 0 Å². The Morgan fingerprint density at radius 1 is 0.917 bits per heavy atom. The van der Waals surface area contributed by atoms with Crippen LogP contribution in [0.3, 0.4) is 0 Å². The van der Waals surface area contributed by atoms with Crippen LogP contribution in [0.5, 0.6) is 0 Å². The summed E-state index contributed by atoms with van der Waals surface area (Å²) in [6.07, 6.45) is -1.39. The van der Waals surface area contributed by atoms with Crippen molar-refractivity contribution in [2.24, 2.45) is 11.5 Å². The summed E-state index contributed by atoms with van der Waals surface area (Å²) in [5.41, 5.74) is 10.8. The third-order valence-electron chi connectivity index (χ3n) is 2.08. The van der Waals surface area contributed by atoms with E-state index < -0.39 is 36.2 Å². The molecule has 2 aliphatic rings. The minimum Gasteiger partial charge on any atom is -0.455 e. The molecule has 66 valence electrons. The number of nitrogens with two attached hydrogens (primary N) is 2. The Morgan fingerprint density at radius 3 is 1.58 bits per heavy atom. The molecule has 2 rings (SSSR count). The number of esters is 2. The van der Waals surface area contributed by atoms with Crippen molar-refractivity contribution in [3.63, 3.8) is 0 Å². The summed E-state index contributed by atoms with van der Waals surface area (Å²) in [5, 5.41) is 0. The van der Waals surface area contributed by atoms with Crippen LogP contribution in [0.1, 0.15) is 0 Å². The molecule has 0 aromatic rings. The van der Waals surface area contributed by atoms with Gasteiger partial charge in [-0.15, -0.1) is 0 Å². The maximum atomic E-state index is 10.8. The molecule has 2 saturated heterocycles. The normalized spacial score (nSPS) is 45.5. The summed E-state index contributed by atoms with van der Waals surface area (Å²) in [6.45, 7) is 0. The van der Waals surface area contributed by atoms with E-state index in [2.05, 4.69) is 0 Å². The molecule has 4 atom stereocenters. The van der Waals surface area contributed by atoms with Crippen LogP contribution in [-0.2, 0) is 19.1 Å². The Kier molecular flexibility index (Phi) is 1.36. The topological polar surface area (TPSA) is 105 Å². The molecule has 4 unspecified atom stereocenters. The summed E-state index contributed by atoms with van der Waals surface area (Å²) in [4.78, 5) is 21.7. The number of hydrogen-bond donors (Lipinski definition) is 2. The highest BCUT2D eigenvalue weighted by Crippen LogP contribution is 2.26. The van der Waals surface area contributed by atoms with E-state index in [1.165, 1.54) is 0 Å². The van der Waals surface area contributed by atoms with Gasteiger partial charge in [-0.1, -0.05) is 0 Å². The maximum Gasteiger partial charge on any atom is 0.327 e. The zero-order valence-corrected chi connectivity index (χ0v) is 6.10. The van der Waals surface area contributed by atoms with E-state index in [0.717, 1.165) is 0 Å². The van der Waals surface area contributed by atoms with Crippen molar-refractivity contribution in [2.45, 2.75) is 24.3 Å². The highest BCUT2D eigenvalue weighted by Gasteiger charge is 2.55. The first-order valence-corrected chi connectivity index (χ1v) is 3.53. The van der Waals surface area contributed by atoms with Crippen LogP contribution in [0.15, 0.2) is 0 Å². The van der Waals surface area contributed by atoms with Gasteiger partial charge in [-0.2, -0.15) is 0 Å². The molecule has 4 N–H and O–H groups in total. The van der Waals surface area contributed by atoms with Crippen LogP contribution in [-0.4, -0.2) is 36.2 Å². The molecular formula is C6H8N2O4. The lowest BCUT2D eigenvalue weighted by atomic mass is 10.1. The summed E-state index contributed by atoms with van der Waals surface area (Å²) in [5.74, 6) is -1.12. The Hall–Kier alpha value is -1.14. The van der Waals surface area contributed by atoms with Gasteiger partial charge >= 0.3 is 11.9 Å². The molecule has 0 spiro atoms. The second-order valence-electron chi connectivity index (χ2n) is 2.85. The minimum atomic E-state index is -0.882. The molecule has 2 aliphatic heterocycles. The average molecular weight is 172 g/mol. The van der Waals surface area contributed by atoms with Crippen LogP contribution < -0.4 is 11.5 Å². The molecule has 0 aliphatic carbocycles. The van der Waals surface area contributed by atoms with Gasteiger partial charge in [-0.3, -0.25) is 9.59 Å². The number of fused-ring (bicyclic) bond motifs is 1. The smallest absolute Gasteiger partial charge is 0.327 e. The van der Waals surface area contributed by atoms with Gasteiger partial charge in [0.1, 0.15) is 12.1 Å². The van der Waals surface area contributed by atoms with Gasteiger partial charge in [0.25, 0.3) is 0 Å². The highest BCUT2D eigenvalue weighted by atomic mass is 16.6. The molecule has 0 aromatic heterocycles. The molecule has 0 aromatic carbocycles. The summed E-state index contributed by atoms with van der Waals surface area (Å²) < 4.78 is 9.49. The fourth-order valence-corrected chi connectivity index (χ4v) is 1.38. The first-order valence-electron chi connectivity index (χ1n) is 3.53. The number of ether oxygens (including phenoxy) is 2. The first-order chi connectivity index (χ1) is 5.61. The van der Waals surface area contributed by atoms with Crippen LogP contribution in [0.4, 0.5) is 0 Å². The molecule has 0 saturated carbocycles. The second kappa shape index (κ2) is 2.18. The molecule has 0 radical (unpaired) electrons. The number of rotatable bonds is 0. The predicted octanol–water partition coefficient (Wildman–Crippen LogP) is -2.51. The fourth-order valence-electron chi connectivity index (χ4n) is 1.38. The van der Waals surface area contributed by atoms with Crippen molar-refractivity contribution in [3.05, 3.63) is 0 Å². The van der Waals surface area contributed by atoms with Gasteiger partial charge in [0.2, 0.25) is 0 Å². The van der Waals surface area contributed by atoms with Crippen LogP contribution in [0.2, 0.25) is 0 Å². The fraction of sp³-hybridized carbons (Fsp3) is 0.667. The molecule has 6 heteroatoms. The molecule has 12 heavy (non-hydrogen) atoms. The Balaban J connectivity index is 2.24. The monoisotopic (exact) mass is 172 g/mol. The van der Waals surface area contributed by atoms with Gasteiger partial charge < -0.3 is 20.9 Å². The van der Waals surface area contributed by atoms with Gasteiger partial charge in [0.15, 0.2) is 12.2 Å². The van der Waals surface area contributed by atoms with E-state index in [0.29, 0.717) is 0 Å². The maximum absolute atomic E-state index is 10.8. The SMILES string of the molecule is NC1C(=O)OC2C(N)C(=O)OC12. The van der Waals surface area contributed by atoms with Crippen molar-refractivity contribution >= 4 is 11.9 Å². The number of carbonyl (C=O) groups is 2. The van der Waals surface area contributed by atoms with E-state index in [-0.39, 0.29) is 0 Å². The molecule has 0 bridgehead atoms. The lowest BCUT2D eigenvalue weighted by Crippen LogP contribution is -2.40. The molecule has 2 heterocycles. The van der Waals surface area contributed by atoms with Crippen molar-refractivity contribution in [2.75, 3.05) is 0 Å². The van der Waals surface area contributed by atoms with Crippen molar-refractivity contribution in [1.82, 2.24) is 0 Å². The Labute approximate surface area is 67.8 Å². The first kappa shape index (κ1) is 7.51. The molecule has 6 nitrogen and oxygen atoms in total. The van der Waals surface area contributed by atoms with Gasteiger partial charge in [0, 0.05) is 0 Å². The van der Waals surface area contributed by atoms with Gasteiger partial charge in [-0.05, 0) is 0 Å². The molecule has 2 fully saturated rings. The number of hydrogen-bond acceptors (Lipinski definition) is 6. The summed E-state index contributed by atoms with van der Waals surface area (Å²) in [7, 11) is 0. The minimum absolute atomic E-state index is 0.562. The van der Waals surface area contributed by atoms with E-state index in [1.54, 1.807) is 0 Å². The zero-order chi connectivity index (χ0) is 8.88. The highest BCUT2D eigenvalue weighted by molar-refractivity contribution is 5.86. The standard InChI is InChI=1S/C6H8N2O4/c7-1-3-4(12-5(1)9)2(8)6(10)11-3/h1-4H,7-8H2. The van der Waals surface area contributed by atoms with E-state index >= 15 is 0 Å². The lowest BCUT2D eigenvalue weighted by Gasteiger charge is -2.06. The summed E-state index contributed by atoms with van der Waals surface area (Å²) >= 11 is 0. The molecular weight excluding hydrogens is 164 g/mol. The van der Waals surface area contributed by atoms with Gasteiger partial charge in [0.05, 0.1) is 0 Å². The quantitative estimate of drug-likeness (QED) is 0.391. The zero-order valence-electron chi connectivity index (χ0n) is 6.10. The third-order valence-corrected chi connectivity index (χ3v) is 2.08. The van der Waals surface area contributed by atoms with Crippen molar-refractivity contribution < 1.29 is 19.1 Å². The van der Waals surface area contributed by atoms with Crippen LogP contribution in [0, 0.1) is 0 Å². The van der Waals surface area contributed by atoms with Crippen molar-refractivity contribution in [1.29, 1.82) is 0 Å². The van der Waals surface area contributed by atoms with Gasteiger partial charge in [-0.25, -0.2) is 0 Å². The predicted molar refractivity (Wildman–Crippen MR) is 35.7 cm³/mol.